The standard InChI is InChI=1S/C30H38FN3O5/c1-4-14-38-25-16-21(15-24(37-5-2)27(25)22-6-8-23(31)9-7-22)18-33-19-30(20-33)17-26(32-39-30)34-12-10-29(3,11-13-34)28(35)36/h6-9,15-16H,4-5,10-14,17-20H2,1-3H3,(H,35,36). The molecule has 0 aromatic heterocycles. The normalized spacial score (nSPS) is 19.8. The number of oxime groups is 1. The Morgan fingerprint density at radius 2 is 1.77 bits per heavy atom. The summed E-state index contributed by atoms with van der Waals surface area (Å²) in [5.41, 5.74) is 1.79. The van der Waals surface area contributed by atoms with Gasteiger partial charge in [0, 0.05) is 32.7 Å². The maximum Gasteiger partial charge on any atom is 0.309 e. The van der Waals surface area contributed by atoms with E-state index in [9.17, 15) is 14.3 Å². The minimum Gasteiger partial charge on any atom is -0.493 e. The topological polar surface area (TPSA) is 83.8 Å². The molecule has 39 heavy (non-hydrogen) atoms. The van der Waals surface area contributed by atoms with Crippen LogP contribution in [0.3, 0.4) is 0 Å². The van der Waals surface area contributed by atoms with Crippen molar-refractivity contribution in [1.82, 2.24) is 9.80 Å². The second-order valence-electron chi connectivity index (χ2n) is 11.2. The van der Waals surface area contributed by atoms with Crippen LogP contribution in [-0.2, 0) is 16.2 Å². The number of hydrogen-bond donors (Lipinski definition) is 1. The molecule has 2 saturated heterocycles. The number of amidine groups is 1. The van der Waals surface area contributed by atoms with Crippen molar-refractivity contribution >= 4 is 11.8 Å². The number of benzene rings is 2. The summed E-state index contributed by atoms with van der Waals surface area (Å²) >= 11 is 0. The molecule has 1 N–H and O–H groups in total. The lowest BCUT2D eigenvalue weighted by Crippen LogP contribution is -2.61. The van der Waals surface area contributed by atoms with E-state index >= 15 is 0 Å². The lowest BCUT2D eigenvalue weighted by atomic mass is 9.80. The van der Waals surface area contributed by atoms with Crippen LogP contribution in [0.15, 0.2) is 41.6 Å². The molecule has 0 unspecified atom stereocenters. The lowest BCUT2D eigenvalue weighted by molar-refractivity contribution is -0.150. The van der Waals surface area contributed by atoms with Crippen LogP contribution in [0.25, 0.3) is 11.1 Å². The van der Waals surface area contributed by atoms with Crippen molar-refractivity contribution in [2.24, 2.45) is 10.6 Å². The maximum atomic E-state index is 13.6. The van der Waals surface area contributed by atoms with E-state index in [1.54, 1.807) is 12.1 Å². The quantitative estimate of drug-likeness (QED) is 0.472. The van der Waals surface area contributed by atoms with Gasteiger partial charge in [-0.3, -0.25) is 9.69 Å². The van der Waals surface area contributed by atoms with Crippen LogP contribution in [0, 0.1) is 11.2 Å². The summed E-state index contributed by atoms with van der Waals surface area (Å²) in [4.78, 5) is 22.0. The summed E-state index contributed by atoms with van der Waals surface area (Å²) in [5, 5.41) is 13.9. The van der Waals surface area contributed by atoms with Gasteiger partial charge in [0.2, 0.25) is 0 Å². The Kier molecular flexibility index (Phi) is 7.71. The van der Waals surface area contributed by atoms with Crippen LogP contribution in [0.2, 0.25) is 0 Å². The summed E-state index contributed by atoms with van der Waals surface area (Å²) in [7, 11) is 0. The van der Waals surface area contributed by atoms with E-state index in [2.05, 4.69) is 34.0 Å². The van der Waals surface area contributed by atoms with Gasteiger partial charge in [-0.15, -0.1) is 0 Å². The summed E-state index contributed by atoms with van der Waals surface area (Å²) in [6.45, 7) is 10.5. The van der Waals surface area contributed by atoms with Crippen LogP contribution in [-0.4, -0.2) is 71.7 Å². The zero-order valence-corrected chi connectivity index (χ0v) is 23.0. The first-order valence-electron chi connectivity index (χ1n) is 13.9. The molecule has 3 heterocycles. The molecule has 2 fully saturated rings. The summed E-state index contributed by atoms with van der Waals surface area (Å²) < 4.78 is 25.8. The average Bonchev–Trinajstić information content (AvgIpc) is 3.34. The number of carbonyl (C=O) groups is 1. The van der Waals surface area contributed by atoms with Gasteiger partial charge in [0.25, 0.3) is 0 Å². The van der Waals surface area contributed by atoms with Crippen molar-refractivity contribution < 1.29 is 28.6 Å². The SMILES string of the molecule is CCCOc1cc(CN2CC3(CC(N4CCC(C)(C(=O)O)CC4)=NO3)C2)cc(OCC)c1-c1ccc(F)cc1. The number of nitrogens with zero attached hydrogens (tertiary/aromatic N) is 3. The largest absolute Gasteiger partial charge is 0.493 e. The first-order chi connectivity index (χ1) is 18.7. The molecule has 0 atom stereocenters. The number of carboxylic acid groups (broad SMARTS) is 1. The van der Waals surface area contributed by atoms with E-state index in [-0.39, 0.29) is 11.4 Å². The monoisotopic (exact) mass is 539 g/mol. The number of rotatable bonds is 9. The Hall–Kier alpha value is -3.33. The lowest BCUT2D eigenvalue weighted by Gasteiger charge is -2.45. The smallest absolute Gasteiger partial charge is 0.309 e. The third kappa shape index (κ3) is 5.69. The molecule has 0 bridgehead atoms. The molecule has 5 rings (SSSR count). The molecule has 0 radical (unpaired) electrons. The average molecular weight is 540 g/mol. The highest BCUT2D eigenvalue weighted by molar-refractivity contribution is 5.85. The number of halogens is 1. The molecule has 0 amide bonds. The molecule has 0 saturated carbocycles. The predicted octanol–water partition coefficient (Wildman–Crippen LogP) is 5.16. The Morgan fingerprint density at radius 3 is 2.38 bits per heavy atom. The third-order valence-electron chi connectivity index (χ3n) is 8.02. The first-order valence-corrected chi connectivity index (χ1v) is 13.9. The molecule has 3 aliphatic rings. The Balaban J connectivity index is 1.25. The fraction of sp³-hybridized carbons (Fsp3) is 0.533. The van der Waals surface area contributed by atoms with Gasteiger partial charge in [0.15, 0.2) is 5.60 Å². The fourth-order valence-electron chi connectivity index (χ4n) is 5.68. The molecule has 8 nitrogen and oxygen atoms in total. The number of hydrogen-bond acceptors (Lipinski definition) is 7. The molecule has 2 aromatic carbocycles. The van der Waals surface area contributed by atoms with Gasteiger partial charge in [-0.05, 0) is 68.5 Å². The predicted molar refractivity (Wildman–Crippen MR) is 146 cm³/mol. The molecule has 1 spiro atoms. The number of ether oxygens (including phenoxy) is 2. The number of carboxylic acids is 1. The van der Waals surface area contributed by atoms with Crippen LogP contribution in [0.5, 0.6) is 11.5 Å². The van der Waals surface area contributed by atoms with Crippen LogP contribution < -0.4 is 9.47 Å². The Morgan fingerprint density at radius 1 is 1.10 bits per heavy atom. The summed E-state index contributed by atoms with van der Waals surface area (Å²) in [6.07, 6.45) is 2.84. The van der Waals surface area contributed by atoms with Crippen molar-refractivity contribution in [3.63, 3.8) is 0 Å². The van der Waals surface area contributed by atoms with Gasteiger partial charge in [-0.25, -0.2) is 4.39 Å². The zero-order valence-electron chi connectivity index (χ0n) is 23.0. The van der Waals surface area contributed by atoms with Gasteiger partial charge in [0.1, 0.15) is 23.2 Å². The third-order valence-corrected chi connectivity index (χ3v) is 8.02. The number of aliphatic carboxylic acids is 1. The zero-order chi connectivity index (χ0) is 27.6. The highest BCUT2D eigenvalue weighted by atomic mass is 19.1. The van der Waals surface area contributed by atoms with Gasteiger partial charge < -0.3 is 24.3 Å². The van der Waals surface area contributed by atoms with E-state index in [0.29, 0.717) is 45.7 Å². The molecule has 2 aromatic rings. The number of likely N-dealkylation sites (tertiary alicyclic amines) is 2. The maximum absolute atomic E-state index is 13.6. The molecule has 0 aliphatic carbocycles. The van der Waals surface area contributed by atoms with E-state index in [4.69, 9.17) is 14.3 Å². The Labute approximate surface area is 229 Å². The van der Waals surface area contributed by atoms with Crippen LogP contribution in [0.1, 0.15) is 52.0 Å². The summed E-state index contributed by atoms with van der Waals surface area (Å²) in [6, 6.07) is 10.5. The number of piperidine rings is 1. The van der Waals surface area contributed by atoms with Crippen LogP contribution >= 0.6 is 0 Å². The minimum atomic E-state index is -0.723. The molecule has 3 aliphatic heterocycles. The van der Waals surface area contributed by atoms with Gasteiger partial charge in [0.05, 0.1) is 30.6 Å². The van der Waals surface area contributed by atoms with Gasteiger partial charge >= 0.3 is 5.97 Å². The fourth-order valence-corrected chi connectivity index (χ4v) is 5.68. The van der Waals surface area contributed by atoms with Gasteiger partial charge in [-0.2, -0.15) is 0 Å². The van der Waals surface area contributed by atoms with E-state index in [0.717, 1.165) is 60.0 Å². The van der Waals surface area contributed by atoms with Crippen molar-refractivity contribution in [1.29, 1.82) is 0 Å². The van der Waals surface area contributed by atoms with Crippen molar-refractivity contribution in [2.75, 3.05) is 39.4 Å². The van der Waals surface area contributed by atoms with E-state index < -0.39 is 11.4 Å². The van der Waals surface area contributed by atoms with Crippen LogP contribution in [0.4, 0.5) is 4.39 Å². The van der Waals surface area contributed by atoms with Crippen molar-refractivity contribution in [2.45, 2.75) is 58.6 Å². The van der Waals surface area contributed by atoms with E-state index in [1.165, 1.54) is 12.1 Å². The van der Waals surface area contributed by atoms with Gasteiger partial charge in [-0.1, -0.05) is 24.2 Å². The summed E-state index contributed by atoms with van der Waals surface area (Å²) in [5.74, 6) is 1.39. The molecule has 9 heteroatoms. The first kappa shape index (κ1) is 27.2. The second kappa shape index (κ2) is 11.0. The second-order valence-corrected chi connectivity index (χ2v) is 11.2. The minimum absolute atomic E-state index is 0.281. The van der Waals surface area contributed by atoms with Crippen molar-refractivity contribution in [3.8, 4) is 22.6 Å². The van der Waals surface area contributed by atoms with Crippen molar-refractivity contribution in [3.05, 3.63) is 47.8 Å². The molecular weight excluding hydrogens is 501 g/mol. The highest BCUT2D eigenvalue weighted by Crippen LogP contribution is 2.42. The molecule has 210 valence electrons. The highest BCUT2D eigenvalue weighted by Gasteiger charge is 2.51. The van der Waals surface area contributed by atoms with E-state index in [1.807, 2.05) is 13.8 Å². The molecular formula is C30H38FN3O5. The Bertz CT molecular complexity index is 1220.